The summed E-state index contributed by atoms with van der Waals surface area (Å²) in [6.45, 7) is 4.61. The van der Waals surface area contributed by atoms with Crippen molar-refractivity contribution in [3.63, 3.8) is 0 Å². The van der Waals surface area contributed by atoms with Crippen molar-refractivity contribution >= 4 is 0 Å². The van der Waals surface area contributed by atoms with Crippen LogP contribution < -0.4 is 5.32 Å². The molecule has 2 aliphatic rings. The Kier molecular flexibility index (Phi) is 4.45. The molecule has 1 N–H and O–H groups in total. The lowest BCUT2D eigenvalue weighted by Gasteiger charge is -2.40. The minimum atomic E-state index is 0.721. The summed E-state index contributed by atoms with van der Waals surface area (Å²) in [4.78, 5) is 0. The van der Waals surface area contributed by atoms with Gasteiger partial charge in [0.25, 0.3) is 0 Å². The van der Waals surface area contributed by atoms with Crippen molar-refractivity contribution in [3.05, 3.63) is 35.4 Å². The number of aryl methyl sites for hydroxylation is 1. The average Bonchev–Trinajstić information content (AvgIpc) is 2.43. The Hall–Kier alpha value is -0.820. The van der Waals surface area contributed by atoms with Crippen LogP contribution in [0.25, 0.3) is 0 Å². The topological polar surface area (TPSA) is 12.0 Å². The quantitative estimate of drug-likeness (QED) is 0.829. The zero-order valence-electron chi connectivity index (χ0n) is 13.1. The van der Waals surface area contributed by atoms with Crippen LogP contribution in [0.15, 0.2) is 24.3 Å². The van der Waals surface area contributed by atoms with E-state index in [9.17, 15) is 0 Å². The zero-order chi connectivity index (χ0) is 13.9. The molecule has 2 aliphatic carbocycles. The molecule has 1 aromatic rings. The number of nitrogens with one attached hydrogen (secondary N) is 1. The van der Waals surface area contributed by atoms with Gasteiger partial charge in [-0.2, -0.15) is 0 Å². The Labute approximate surface area is 124 Å². The number of hydrogen-bond donors (Lipinski definition) is 1. The van der Waals surface area contributed by atoms with Crippen LogP contribution in [0, 0.1) is 12.8 Å². The van der Waals surface area contributed by atoms with Gasteiger partial charge in [0, 0.05) is 12.1 Å². The van der Waals surface area contributed by atoms with Gasteiger partial charge in [0.15, 0.2) is 0 Å². The molecule has 0 amide bonds. The SMILES string of the molecule is Cc1cccc(C2CC(NC(C)C3CCCCC3)C2)c1. The first-order valence-corrected chi connectivity index (χ1v) is 8.55. The van der Waals surface area contributed by atoms with Gasteiger partial charge in [0.05, 0.1) is 0 Å². The van der Waals surface area contributed by atoms with Gasteiger partial charge in [0.2, 0.25) is 0 Å². The molecule has 1 unspecified atom stereocenters. The van der Waals surface area contributed by atoms with Crippen LogP contribution in [0.2, 0.25) is 0 Å². The standard InChI is InChI=1S/C19H29N/c1-14-7-6-10-17(11-14)18-12-19(13-18)20-15(2)16-8-4-3-5-9-16/h6-7,10-11,15-16,18-20H,3-5,8-9,12-13H2,1-2H3. The van der Waals surface area contributed by atoms with Gasteiger partial charge in [-0.25, -0.2) is 0 Å². The lowest BCUT2D eigenvalue weighted by molar-refractivity contribution is 0.211. The van der Waals surface area contributed by atoms with Crippen LogP contribution in [0.5, 0.6) is 0 Å². The van der Waals surface area contributed by atoms with Crippen molar-refractivity contribution in [3.8, 4) is 0 Å². The van der Waals surface area contributed by atoms with E-state index < -0.39 is 0 Å². The highest BCUT2D eigenvalue weighted by molar-refractivity contribution is 5.27. The van der Waals surface area contributed by atoms with Gasteiger partial charge in [-0.1, -0.05) is 49.1 Å². The van der Waals surface area contributed by atoms with Crippen LogP contribution in [-0.4, -0.2) is 12.1 Å². The normalized spacial score (nSPS) is 28.9. The van der Waals surface area contributed by atoms with Crippen molar-refractivity contribution in [1.29, 1.82) is 0 Å². The second-order valence-corrected chi connectivity index (χ2v) is 7.13. The maximum absolute atomic E-state index is 3.90. The Morgan fingerprint density at radius 2 is 1.85 bits per heavy atom. The summed E-state index contributed by atoms with van der Waals surface area (Å²) in [5.41, 5.74) is 2.95. The maximum atomic E-state index is 3.90. The fourth-order valence-corrected chi connectivity index (χ4v) is 4.09. The molecule has 1 heteroatoms. The first kappa shape index (κ1) is 14.1. The van der Waals surface area contributed by atoms with Crippen LogP contribution in [0.3, 0.4) is 0 Å². The summed E-state index contributed by atoms with van der Waals surface area (Å²) in [6, 6.07) is 10.6. The van der Waals surface area contributed by atoms with Gasteiger partial charge in [-0.05, 0) is 56.9 Å². The third-order valence-electron chi connectivity index (χ3n) is 5.51. The molecular weight excluding hydrogens is 242 g/mol. The number of benzene rings is 1. The van der Waals surface area contributed by atoms with Crippen molar-refractivity contribution < 1.29 is 0 Å². The van der Waals surface area contributed by atoms with Crippen LogP contribution in [-0.2, 0) is 0 Å². The minimum Gasteiger partial charge on any atom is -0.311 e. The van der Waals surface area contributed by atoms with Crippen molar-refractivity contribution in [2.75, 3.05) is 0 Å². The second-order valence-electron chi connectivity index (χ2n) is 7.13. The summed E-state index contributed by atoms with van der Waals surface area (Å²) in [5, 5.41) is 3.90. The molecule has 0 aliphatic heterocycles. The van der Waals surface area contributed by atoms with Crippen LogP contribution >= 0.6 is 0 Å². The van der Waals surface area contributed by atoms with E-state index in [2.05, 4.69) is 43.4 Å². The molecule has 0 heterocycles. The molecule has 0 bridgehead atoms. The van der Waals surface area contributed by atoms with Gasteiger partial charge in [-0.15, -0.1) is 0 Å². The highest BCUT2D eigenvalue weighted by atomic mass is 15.0. The minimum absolute atomic E-state index is 0.721. The molecule has 1 aromatic carbocycles. The number of rotatable bonds is 4. The lowest BCUT2D eigenvalue weighted by Crippen LogP contribution is -2.47. The van der Waals surface area contributed by atoms with Crippen LogP contribution in [0.4, 0.5) is 0 Å². The van der Waals surface area contributed by atoms with Gasteiger partial charge < -0.3 is 5.32 Å². The summed E-state index contributed by atoms with van der Waals surface area (Å²) in [5.74, 6) is 1.73. The highest BCUT2D eigenvalue weighted by Gasteiger charge is 2.32. The highest BCUT2D eigenvalue weighted by Crippen LogP contribution is 2.38. The molecule has 1 atom stereocenters. The summed E-state index contributed by atoms with van der Waals surface area (Å²) < 4.78 is 0. The first-order chi connectivity index (χ1) is 9.72. The molecule has 110 valence electrons. The summed E-state index contributed by atoms with van der Waals surface area (Å²) in [7, 11) is 0. The molecule has 0 spiro atoms. The smallest absolute Gasteiger partial charge is 0.00813 e. The van der Waals surface area contributed by atoms with E-state index in [1.165, 1.54) is 50.5 Å². The largest absolute Gasteiger partial charge is 0.311 e. The molecule has 0 saturated heterocycles. The van der Waals surface area contributed by atoms with E-state index in [0.29, 0.717) is 0 Å². The molecule has 1 nitrogen and oxygen atoms in total. The molecule has 0 aromatic heterocycles. The van der Waals surface area contributed by atoms with Gasteiger partial charge in [0.1, 0.15) is 0 Å². The van der Waals surface area contributed by atoms with E-state index in [1.807, 2.05) is 0 Å². The predicted octanol–water partition coefficient (Wildman–Crippen LogP) is 4.80. The molecule has 0 radical (unpaired) electrons. The predicted molar refractivity (Wildman–Crippen MR) is 86.1 cm³/mol. The fraction of sp³-hybridized carbons (Fsp3) is 0.684. The van der Waals surface area contributed by atoms with E-state index in [4.69, 9.17) is 0 Å². The van der Waals surface area contributed by atoms with E-state index in [0.717, 1.165) is 23.9 Å². The molecular formula is C19H29N. The Balaban J connectivity index is 1.46. The monoisotopic (exact) mass is 271 g/mol. The molecule has 3 rings (SSSR count). The van der Waals surface area contributed by atoms with Gasteiger partial charge >= 0.3 is 0 Å². The van der Waals surface area contributed by atoms with Crippen molar-refractivity contribution in [1.82, 2.24) is 5.32 Å². The van der Waals surface area contributed by atoms with Crippen molar-refractivity contribution in [2.45, 2.75) is 76.8 Å². The fourth-order valence-electron chi connectivity index (χ4n) is 4.09. The number of hydrogen-bond acceptors (Lipinski definition) is 1. The van der Waals surface area contributed by atoms with E-state index >= 15 is 0 Å². The lowest BCUT2D eigenvalue weighted by atomic mass is 9.74. The summed E-state index contributed by atoms with van der Waals surface area (Å²) in [6.07, 6.45) is 9.92. The Bertz CT molecular complexity index is 427. The summed E-state index contributed by atoms with van der Waals surface area (Å²) >= 11 is 0. The average molecular weight is 271 g/mol. The molecule has 20 heavy (non-hydrogen) atoms. The molecule has 2 fully saturated rings. The van der Waals surface area contributed by atoms with Crippen molar-refractivity contribution in [2.24, 2.45) is 5.92 Å². The van der Waals surface area contributed by atoms with Gasteiger partial charge in [-0.3, -0.25) is 0 Å². The Morgan fingerprint density at radius 1 is 1.10 bits per heavy atom. The van der Waals surface area contributed by atoms with Crippen LogP contribution in [0.1, 0.15) is 68.9 Å². The third-order valence-corrected chi connectivity index (χ3v) is 5.51. The third kappa shape index (κ3) is 3.25. The van der Waals surface area contributed by atoms with E-state index in [-0.39, 0.29) is 0 Å². The second kappa shape index (κ2) is 6.30. The first-order valence-electron chi connectivity index (χ1n) is 8.55. The molecule has 2 saturated carbocycles. The zero-order valence-corrected chi connectivity index (χ0v) is 13.1. The maximum Gasteiger partial charge on any atom is 0.00813 e. The Morgan fingerprint density at radius 3 is 2.55 bits per heavy atom. The van der Waals surface area contributed by atoms with E-state index in [1.54, 1.807) is 5.56 Å².